The topological polar surface area (TPSA) is 266 Å². The summed E-state index contributed by atoms with van der Waals surface area (Å²) in [5.74, 6) is -7.88. The summed E-state index contributed by atoms with van der Waals surface area (Å²) >= 11 is 0. The number of hydrogen-bond acceptors (Lipinski definition) is 9. The average Bonchev–Trinajstić information content (AvgIpc) is 2.66. The highest BCUT2D eigenvalue weighted by molar-refractivity contribution is 5.95. The number of amides is 3. The van der Waals surface area contributed by atoms with E-state index in [1.165, 1.54) is 6.92 Å². The van der Waals surface area contributed by atoms with E-state index in [0.29, 0.717) is 0 Å². The number of aliphatic hydroxyl groups excluding tert-OH is 2. The average molecular weight is 464 g/mol. The molecule has 6 atom stereocenters. The zero-order valence-corrected chi connectivity index (χ0v) is 17.3. The van der Waals surface area contributed by atoms with Crippen molar-refractivity contribution in [2.45, 2.75) is 69.5 Å². The molecule has 15 nitrogen and oxygen atoms in total. The highest BCUT2D eigenvalue weighted by atomic mass is 16.4. The standard InChI is InChI=1S/C17H28N4O11/c1-6(22)12(18)16(30)20-9(5-11(26)27)15(29)19-8(3-4-10(24)25)14(28)21-13(7(2)23)17(31)32/h6-9,12-13,22-23H,3-5,18H2,1-2H3,(H,19,29)(H,20,30)(H,21,28)(H,24,25)(H,26,27)(H,31,32). The smallest absolute Gasteiger partial charge is 0.328 e. The van der Waals surface area contributed by atoms with Gasteiger partial charge in [0.1, 0.15) is 18.1 Å². The third-order valence-electron chi connectivity index (χ3n) is 4.16. The summed E-state index contributed by atoms with van der Waals surface area (Å²) in [5, 5.41) is 51.8. The number of carboxylic acid groups (broad SMARTS) is 3. The number of rotatable bonds is 14. The van der Waals surface area contributed by atoms with E-state index in [1.807, 2.05) is 10.6 Å². The van der Waals surface area contributed by atoms with Crippen molar-refractivity contribution < 1.29 is 54.3 Å². The molecule has 0 saturated carbocycles. The number of aliphatic carboxylic acids is 3. The van der Waals surface area contributed by atoms with E-state index in [9.17, 15) is 39.0 Å². The molecule has 0 aromatic rings. The lowest BCUT2D eigenvalue weighted by atomic mass is 10.1. The molecule has 0 aliphatic rings. The second-order valence-corrected chi connectivity index (χ2v) is 6.98. The Labute approximate surface area is 182 Å². The molecule has 3 amide bonds. The zero-order valence-electron chi connectivity index (χ0n) is 17.3. The maximum atomic E-state index is 12.5. The van der Waals surface area contributed by atoms with Crippen LogP contribution in [-0.4, -0.2) is 97.5 Å². The number of carbonyl (C=O) groups is 6. The third-order valence-corrected chi connectivity index (χ3v) is 4.16. The predicted molar refractivity (Wildman–Crippen MR) is 104 cm³/mol. The van der Waals surface area contributed by atoms with Gasteiger partial charge in [-0.2, -0.15) is 0 Å². The largest absolute Gasteiger partial charge is 0.481 e. The van der Waals surface area contributed by atoms with Crippen LogP contribution < -0.4 is 21.7 Å². The molecule has 32 heavy (non-hydrogen) atoms. The maximum Gasteiger partial charge on any atom is 0.328 e. The molecular weight excluding hydrogens is 436 g/mol. The number of carboxylic acids is 3. The van der Waals surface area contributed by atoms with E-state index in [1.54, 1.807) is 0 Å². The Morgan fingerprint density at radius 1 is 0.750 bits per heavy atom. The first-order chi connectivity index (χ1) is 14.7. The molecule has 0 spiro atoms. The SMILES string of the molecule is CC(O)C(N)C(=O)NC(CC(=O)O)C(=O)NC(CCC(=O)O)C(=O)NC(C(=O)O)C(C)O. The second kappa shape index (κ2) is 13.2. The Hall–Kier alpha value is -3.30. The van der Waals surface area contributed by atoms with Crippen LogP contribution in [0.15, 0.2) is 0 Å². The van der Waals surface area contributed by atoms with Crippen LogP contribution in [0.25, 0.3) is 0 Å². The summed E-state index contributed by atoms with van der Waals surface area (Å²) in [5.41, 5.74) is 5.43. The molecule has 6 unspecified atom stereocenters. The molecule has 182 valence electrons. The molecule has 0 aliphatic heterocycles. The van der Waals surface area contributed by atoms with Gasteiger partial charge >= 0.3 is 17.9 Å². The highest BCUT2D eigenvalue weighted by Gasteiger charge is 2.33. The van der Waals surface area contributed by atoms with Crippen molar-refractivity contribution in [3.8, 4) is 0 Å². The lowest BCUT2D eigenvalue weighted by Crippen LogP contribution is -2.59. The first-order valence-corrected chi connectivity index (χ1v) is 9.36. The van der Waals surface area contributed by atoms with E-state index < -0.39 is 91.3 Å². The normalized spacial score (nSPS) is 16.4. The van der Waals surface area contributed by atoms with Crippen LogP contribution in [0.2, 0.25) is 0 Å². The predicted octanol–water partition coefficient (Wildman–Crippen LogP) is -4.05. The van der Waals surface area contributed by atoms with Crippen LogP contribution in [0.5, 0.6) is 0 Å². The summed E-state index contributed by atoms with van der Waals surface area (Å²) in [4.78, 5) is 70.0. The van der Waals surface area contributed by atoms with Crippen molar-refractivity contribution in [2.75, 3.05) is 0 Å². The molecule has 0 radical (unpaired) electrons. The lowest BCUT2D eigenvalue weighted by Gasteiger charge is -2.25. The van der Waals surface area contributed by atoms with Gasteiger partial charge < -0.3 is 47.2 Å². The molecule has 10 N–H and O–H groups in total. The van der Waals surface area contributed by atoms with Gasteiger partial charge in [0.05, 0.1) is 18.6 Å². The van der Waals surface area contributed by atoms with Crippen molar-refractivity contribution in [3.63, 3.8) is 0 Å². The van der Waals surface area contributed by atoms with Crippen LogP contribution in [0, 0.1) is 0 Å². The van der Waals surface area contributed by atoms with Gasteiger partial charge in [0, 0.05) is 6.42 Å². The Morgan fingerprint density at radius 3 is 1.66 bits per heavy atom. The van der Waals surface area contributed by atoms with Crippen LogP contribution in [0.4, 0.5) is 0 Å². The number of hydrogen-bond donors (Lipinski definition) is 9. The first-order valence-electron chi connectivity index (χ1n) is 9.36. The minimum absolute atomic E-state index is 0.514. The maximum absolute atomic E-state index is 12.5. The Bertz CT molecular complexity index is 725. The fourth-order valence-corrected chi connectivity index (χ4v) is 2.32. The monoisotopic (exact) mass is 464 g/mol. The summed E-state index contributed by atoms with van der Waals surface area (Å²) in [6, 6.07) is -6.66. The lowest BCUT2D eigenvalue weighted by molar-refractivity contribution is -0.146. The Morgan fingerprint density at radius 2 is 1.25 bits per heavy atom. The van der Waals surface area contributed by atoms with Gasteiger partial charge in [-0.05, 0) is 20.3 Å². The summed E-state index contributed by atoms with van der Waals surface area (Å²) in [7, 11) is 0. The van der Waals surface area contributed by atoms with Gasteiger partial charge in [0.2, 0.25) is 17.7 Å². The van der Waals surface area contributed by atoms with E-state index in [-0.39, 0.29) is 0 Å². The summed E-state index contributed by atoms with van der Waals surface area (Å²) in [6.07, 6.45) is -4.95. The van der Waals surface area contributed by atoms with Crippen molar-refractivity contribution in [1.82, 2.24) is 16.0 Å². The van der Waals surface area contributed by atoms with Crippen molar-refractivity contribution in [3.05, 3.63) is 0 Å². The fraction of sp³-hybridized carbons (Fsp3) is 0.647. The molecule has 0 rings (SSSR count). The second-order valence-electron chi connectivity index (χ2n) is 6.98. The van der Waals surface area contributed by atoms with Gasteiger partial charge in [-0.25, -0.2) is 4.79 Å². The molecule has 0 aromatic heterocycles. The van der Waals surface area contributed by atoms with E-state index in [4.69, 9.17) is 21.1 Å². The molecule has 0 heterocycles. The van der Waals surface area contributed by atoms with Gasteiger partial charge in [-0.15, -0.1) is 0 Å². The van der Waals surface area contributed by atoms with E-state index in [2.05, 4.69) is 5.32 Å². The molecular formula is C17H28N4O11. The first kappa shape index (κ1) is 28.7. The van der Waals surface area contributed by atoms with E-state index in [0.717, 1.165) is 6.92 Å². The summed E-state index contributed by atoms with van der Waals surface area (Å²) < 4.78 is 0. The minimum Gasteiger partial charge on any atom is -0.481 e. The Kier molecular flexibility index (Phi) is 11.8. The molecule has 0 aliphatic carbocycles. The van der Waals surface area contributed by atoms with Crippen LogP contribution in [0.3, 0.4) is 0 Å². The molecule has 0 fully saturated rings. The van der Waals surface area contributed by atoms with Gasteiger partial charge in [-0.1, -0.05) is 0 Å². The van der Waals surface area contributed by atoms with Crippen molar-refractivity contribution in [2.24, 2.45) is 5.73 Å². The number of nitrogens with one attached hydrogen (secondary N) is 3. The van der Waals surface area contributed by atoms with Crippen LogP contribution >= 0.6 is 0 Å². The number of nitrogens with two attached hydrogens (primary N) is 1. The number of carbonyl (C=O) groups excluding carboxylic acids is 3. The molecule has 0 saturated heterocycles. The quantitative estimate of drug-likeness (QED) is 0.119. The van der Waals surface area contributed by atoms with Crippen LogP contribution in [0.1, 0.15) is 33.1 Å². The highest BCUT2D eigenvalue weighted by Crippen LogP contribution is 2.04. The zero-order chi connectivity index (χ0) is 25.2. The van der Waals surface area contributed by atoms with Gasteiger partial charge in [0.25, 0.3) is 0 Å². The number of aliphatic hydroxyl groups is 2. The fourth-order valence-electron chi connectivity index (χ4n) is 2.32. The van der Waals surface area contributed by atoms with Crippen LogP contribution in [-0.2, 0) is 28.8 Å². The Balaban J connectivity index is 5.60. The third kappa shape index (κ3) is 10.1. The van der Waals surface area contributed by atoms with Crippen molar-refractivity contribution in [1.29, 1.82) is 0 Å². The molecule has 0 bridgehead atoms. The molecule has 0 aromatic carbocycles. The van der Waals surface area contributed by atoms with Gasteiger partial charge in [0.15, 0.2) is 6.04 Å². The minimum atomic E-state index is -1.77. The van der Waals surface area contributed by atoms with E-state index >= 15 is 0 Å². The van der Waals surface area contributed by atoms with Gasteiger partial charge in [-0.3, -0.25) is 24.0 Å². The molecule has 15 heteroatoms. The van der Waals surface area contributed by atoms with Crippen molar-refractivity contribution >= 4 is 35.6 Å². The summed E-state index contributed by atoms with van der Waals surface area (Å²) in [6.45, 7) is 2.26.